The summed E-state index contributed by atoms with van der Waals surface area (Å²) in [6, 6.07) is 9.24. The molecule has 0 aromatic heterocycles. The number of hydrogen-bond acceptors (Lipinski definition) is 2. The van der Waals surface area contributed by atoms with Gasteiger partial charge in [0.15, 0.2) is 0 Å². The molecule has 0 amide bonds. The first kappa shape index (κ1) is 18.2. The summed E-state index contributed by atoms with van der Waals surface area (Å²) in [5, 5.41) is 3.51. The second-order valence-corrected chi connectivity index (χ2v) is 6.12. The fourth-order valence-corrected chi connectivity index (χ4v) is 2.73. The second kappa shape index (κ2) is 10.8. The molecule has 0 heterocycles. The van der Waals surface area contributed by atoms with Crippen LogP contribution in [0.3, 0.4) is 0 Å². The fraction of sp³-hybridized carbons (Fsp3) is 0.684. The Morgan fingerprint density at radius 3 is 2.10 bits per heavy atom. The van der Waals surface area contributed by atoms with Gasteiger partial charge in [-0.1, -0.05) is 52.0 Å². The van der Waals surface area contributed by atoms with Gasteiger partial charge in [0.1, 0.15) is 0 Å². The Morgan fingerprint density at radius 1 is 0.952 bits per heavy atom. The molecule has 0 saturated heterocycles. The molecule has 2 heteroatoms. The van der Waals surface area contributed by atoms with Crippen molar-refractivity contribution < 1.29 is 0 Å². The van der Waals surface area contributed by atoms with Gasteiger partial charge in [-0.25, -0.2) is 0 Å². The SMILES string of the molecule is CCCNCC(C)c1ccc(CN(CCC)CCC)cc1. The predicted molar refractivity (Wildman–Crippen MR) is 93.9 cm³/mol. The predicted octanol–water partition coefficient (Wildman–Crippen LogP) is 4.41. The van der Waals surface area contributed by atoms with E-state index >= 15 is 0 Å². The van der Waals surface area contributed by atoms with Crippen LogP contribution in [0.25, 0.3) is 0 Å². The van der Waals surface area contributed by atoms with E-state index in [9.17, 15) is 0 Å². The van der Waals surface area contributed by atoms with Crippen LogP contribution in [0, 0.1) is 0 Å². The Hall–Kier alpha value is -0.860. The van der Waals surface area contributed by atoms with Crippen molar-refractivity contribution in [1.82, 2.24) is 10.2 Å². The molecule has 0 aliphatic carbocycles. The van der Waals surface area contributed by atoms with E-state index < -0.39 is 0 Å². The molecule has 21 heavy (non-hydrogen) atoms. The largest absolute Gasteiger partial charge is 0.316 e. The highest BCUT2D eigenvalue weighted by molar-refractivity contribution is 5.25. The summed E-state index contributed by atoms with van der Waals surface area (Å²) >= 11 is 0. The van der Waals surface area contributed by atoms with Crippen LogP contribution in [-0.2, 0) is 6.54 Å². The zero-order valence-corrected chi connectivity index (χ0v) is 14.5. The summed E-state index contributed by atoms with van der Waals surface area (Å²) in [7, 11) is 0. The van der Waals surface area contributed by atoms with E-state index in [1.807, 2.05) is 0 Å². The summed E-state index contributed by atoms with van der Waals surface area (Å²) in [6.07, 6.45) is 3.67. The molecule has 0 saturated carbocycles. The van der Waals surface area contributed by atoms with E-state index in [2.05, 4.69) is 62.2 Å². The van der Waals surface area contributed by atoms with Crippen LogP contribution in [0.15, 0.2) is 24.3 Å². The molecule has 2 nitrogen and oxygen atoms in total. The zero-order chi connectivity index (χ0) is 15.5. The minimum atomic E-state index is 0.591. The third kappa shape index (κ3) is 7.10. The molecule has 0 radical (unpaired) electrons. The second-order valence-electron chi connectivity index (χ2n) is 6.12. The highest BCUT2D eigenvalue weighted by Gasteiger charge is 2.07. The lowest BCUT2D eigenvalue weighted by molar-refractivity contribution is 0.266. The maximum absolute atomic E-state index is 3.51. The molecule has 0 spiro atoms. The highest BCUT2D eigenvalue weighted by Crippen LogP contribution is 2.16. The molecule has 1 unspecified atom stereocenters. The lowest BCUT2D eigenvalue weighted by Gasteiger charge is -2.21. The van der Waals surface area contributed by atoms with Gasteiger partial charge < -0.3 is 5.32 Å². The van der Waals surface area contributed by atoms with Crippen LogP contribution in [-0.4, -0.2) is 31.1 Å². The molecule has 0 fully saturated rings. The summed E-state index contributed by atoms with van der Waals surface area (Å²) in [5.74, 6) is 0.591. The molecule has 1 atom stereocenters. The molecule has 1 aromatic carbocycles. The van der Waals surface area contributed by atoms with Gasteiger partial charge in [0.25, 0.3) is 0 Å². The maximum atomic E-state index is 3.51. The van der Waals surface area contributed by atoms with Crippen molar-refractivity contribution in [2.24, 2.45) is 0 Å². The van der Waals surface area contributed by atoms with Gasteiger partial charge in [0, 0.05) is 13.1 Å². The molecule has 1 rings (SSSR count). The first-order valence-corrected chi connectivity index (χ1v) is 8.73. The van der Waals surface area contributed by atoms with E-state index in [-0.39, 0.29) is 0 Å². The van der Waals surface area contributed by atoms with Gasteiger partial charge in [-0.2, -0.15) is 0 Å². The van der Waals surface area contributed by atoms with Gasteiger partial charge in [0.05, 0.1) is 0 Å². The standard InChI is InChI=1S/C19H34N2/c1-5-12-20-15-17(4)19-10-8-18(9-11-19)16-21(13-6-2)14-7-3/h8-11,17,20H,5-7,12-16H2,1-4H3. The first-order chi connectivity index (χ1) is 10.2. The minimum absolute atomic E-state index is 0.591. The van der Waals surface area contributed by atoms with Crippen molar-refractivity contribution >= 4 is 0 Å². The molecule has 0 aliphatic heterocycles. The van der Waals surface area contributed by atoms with Gasteiger partial charge >= 0.3 is 0 Å². The normalized spacial score (nSPS) is 12.8. The van der Waals surface area contributed by atoms with Crippen molar-refractivity contribution in [1.29, 1.82) is 0 Å². The third-order valence-corrected chi connectivity index (χ3v) is 3.91. The van der Waals surface area contributed by atoms with E-state index in [1.54, 1.807) is 0 Å². The minimum Gasteiger partial charge on any atom is -0.316 e. The Balaban J connectivity index is 2.52. The highest BCUT2D eigenvalue weighted by atomic mass is 15.1. The molecule has 120 valence electrons. The van der Waals surface area contributed by atoms with E-state index in [0.717, 1.165) is 19.6 Å². The van der Waals surface area contributed by atoms with Gasteiger partial charge in [-0.3, -0.25) is 4.90 Å². The number of rotatable bonds is 11. The van der Waals surface area contributed by atoms with E-state index in [1.165, 1.54) is 43.5 Å². The average Bonchev–Trinajstić information content (AvgIpc) is 2.48. The van der Waals surface area contributed by atoms with E-state index in [4.69, 9.17) is 0 Å². The monoisotopic (exact) mass is 290 g/mol. The van der Waals surface area contributed by atoms with Crippen molar-refractivity contribution in [3.05, 3.63) is 35.4 Å². The van der Waals surface area contributed by atoms with Crippen LogP contribution in [0.4, 0.5) is 0 Å². The van der Waals surface area contributed by atoms with Crippen LogP contribution < -0.4 is 5.32 Å². The molecule has 1 N–H and O–H groups in total. The fourth-order valence-electron chi connectivity index (χ4n) is 2.73. The topological polar surface area (TPSA) is 15.3 Å². The molecule has 0 aliphatic rings. The molecular weight excluding hydrogens is 256 g/mol. The van der Waals surface area contributed by atoms with Crippen LogP contribution in [0.1, 0.15) is 64.0 Å². The maximum Gasteiger partial charge on any atom is 0.0233 e. The zero-order valence-electron chi connectivity index (χ0n) is 14.5. The molecule has 0 bridgehead atoms. The Kier molecular flexibility index (Phi) is 9.36. The first-order valence-electron chi connectivity index (χ1n) is 8.73. The third-order valence-electron chi connectivity index (χ3n) is 3.91. The van der Waals surface area contributed by atoms with Crippen LogP contribution in [0.5, 0.6) is 0 Å². The lowest BCUT2D eigenvalue weighted by Crippen LogP contribution is -2.25. The van der Waals surface area contributed by atoms with Gasteiger partial charge in [0.2, 0.25) is 0 Å². The molecular formula is C19H34N2. The summed E-state index contributed by atoms with van der Waals surface area (Å²) in [4.78, 5) is 2.56. The molecule has 1 aromatic rings. The Labute approximate surface area is 131 Å². The smallest absolute Gasteiger partial charge is 0.0233 e. The number of hydrogen-bond donors (Lipinski definition) is 1. The van der Waals surface area contributed by atoms with Crippen molar-refractivity contribution in [2.75, 3.05) is 26.2 Å². The lowest BCUT2D eigenvalue weighted by atomic mass is 9.99. The average molecular weight is 290 g/mol. The number of nitrogens with one attached hydrogen (secondary N) is 1. The van der Waals surface area contributed by atoms with Crippen molar-refractivity contribution in [3.63, 3.8) is 0 Å². The summed E-state index contributed by atoms with van der Waals surface area (Å²) < 4.78 is 0. The summed E-state index contributed by atoms with van der Waals surface area (Å²) in [5.41, 5.74) is 2.88. The summed E-state index contributed by atoms with van der Waals surface area (Å²) in [6.45, 7) is 14.7. The number of benzene rings is 1. The van der Waals surface area contributed by atoms with Crippen molar-refractivity contribution in [2.45, 2.75) is 59.4 Å². The van der Waals surface area contributed by atoms with Gasteiger partial charge in [-0.05, 0) is 55.9 Å². The van der Waals surface area contributed by atoms with Gasteiger partial charge in [-0.15, -0.1) is 0 Å². The Morgan fingerprint density at radius 2 is 1.57 bits per heavy atom. The van der Waals surface area contributed by atoms with Crippen molar-refractivity contribution in [3.8, 4) is 0 Å². The van der Waals surface area contributed by atoms with E-state index in [0.29, 0.717) is 5.92 Å². The van der Waals surface area contributed by atoms with Crippen LogP contribution in [0.2, 0.25) is 0 Å². The Bertz CT molecular complexity index is 352. The van der Waals surface area contributed by atoms with Crippen LogP contribution >= 0.6 is 0 Å². The number of nitrogens with zero attached hydrogens (tertiary/aromatic N) is 1. The quantitative estimate of drug-likeness (QED) is 0.607.